The second-order valence-electron chi connectivity index (χ2n) is 5.66. The number of rotatable bonds is 12. The van der Waals surface area contributed by atoms with E-state index in [2.05, 4.69) is 26.1 Å². The van der Waals surface area contributed by atoms with E-state index in [0.717, 1.165) is 13.1 Å². The number of hydrogen-bond acceptors (Lipinski definition) is 4. The number of ether oxygens (including phenoxy) is 2. The molecule has 0 radical (unpaired) electrons. The summed E-state index contributed by atoms with van der Waals surface area (Å²) in [7, 11) is 0. The molecule has 0 aliphatic rings. The Bertz CT molecular complexity index is 229. The van der Waals surface area contributed by atoms with Crippen molar-refractivity contribution in [3.63, 3.8) is 0 Å². The van der Waals surface area contributed by atoms with Gasteiger partial charge < -0.3 is 14.8 Å². The van der Waals surface area contributed by atoms with E-state index in [1.807, 2.05) is 0 Å². The first kappa shape index (κ1) is 18.4. The van der Waals surface area contributed by atoms with Crippen LogP contribution in [0, 0.1) is 5.41 Å². The Morgan fingerprint density at radius 2 is 1.95 bits per heavy atom. The minimum absolute atomic E-state index is 0.0510. The van der Waals surface area contributed by atoms with E-state index in [1.165, 1.54) is 25.7 Å². The van der Waals surface area contributed by atoms with Crippen molar-refractivity contribution >= 4 is 5.97 Å². The van der Waals surface area contributed by atoms with Gasteiger partial charge in [-0.05, 0) is 18.8 Å². The number of hydrogen-bond donors (Lipinski definition) is 1. The lowest BCUT2D eigenvalue weighted by molar-refractivity contribution is -0.148. The molecule has 0 amide bonds. The molecule has 0 aromatic rings. The van der Waals surface area contributed by atoms with Crippen molar-refractivity contribution in [1.82, 2.24) is 5.32 Å². The summed E-state index contributed by atoms with van der Waals surface area (Å²) < 4.78 is 10.00. The van der Waals surface area contributed by atoms with E-state index in [9.17, 15) is 4.79 Å². The Hall–Kier alpha value is -0.610. The SMILES string of the molecule is CCCCCC(C)(C)CNCCOCC(=O)OCC. The number of carbonyl (C=O) groups is 1. The molecule has 0 fully saturated rings. The number of carbonyl (C=O) groups excluding carboxylic acids is 1. The van der Waals surface area contributed by atoms with Gasteiger partial charge in [0, 0.05) is 13.1 Å². The summed E-state index contributed by atoms with van der Waals surface area (Å²) in [5, 5.41) is 3.38. The molecule has 0 spiro atoms. The van der Waals surface area contributed by atoms with Gasteiger partial charge in [-0.3, -0.25) is 0 Å². The minimum atomic E-state index is -0.289. The molecule has 0 rings (SSSR count). The fourth-order valence-electron chi connectivity index (χ4n) is 1.87. The van der Waals surface area contributed by atoms with Crippen LogP contribution in [0.4, 0.5) is 0 Å². The van der Waals surface area contributed by atoms with E-state index in [4.69, 9.17) is 9.47 Å². The minimum Gasteiger partial charge on any atom is -0.464 e. The third kappa shape index (κ3) is 12.2. The molecule has 0 saturated carbocycles. The molecule has 0 atom stereocenters. The Kier molecular flexibility index (Phi) is 10.9. The van der Waals surface area contributed by atoms with Gasteiger partial charge in [0.1, 0.15) is 6.61 Å². The van der Waals surface area contributed by atoms with Crippen molar-refractivity contribution in [2.75, 3.05) is 32.9 Å². The smallest absolute Gasteiger partial charge is 0.332 e. The van der Waals surface area contributed by atoms with Gasteiger partial charge in [0.15, 0.2) is 0 Å². The average molecular weight is 273 g/mol. The molecule has 0 bridgehead atoms. The lowest BCUT2D eigenvalue weighted by Crippen LogP contribution is -2.32. The van der Waals surface area contributed by atoms with Gasteiger partial charge in [-0.2, -0.15) is 0 Å². The molecule has 0 unspecified atom stereocenters. The summed E-state index contributed by atoms with van der Waals surface area (Å²) in [5.74, 6) is -0.289. The van der Waals surface area contributed by atoms with Crippen LogP contribution in [0.5, 0.6) is 0 Å². The molecule has 0 heterocycles. The highest BCUT2D eigenvalue weighted by molar-refractivity contribution is 5.70. The Labute approximate surface area is 118 Å². The summed E-state index contributed by atoms with van der Waals surface area (Å²) in [6.07, 6.45) is 5.12. The van der Waals surface area contributed by atoms with Crippen LogP contribution in [0.15, 0.2) is 0 Å². The fourth-order valence-corrected chi connectivity index (χ4v) is 1.87. The van der Waals surface area contributed by atoms with Gasteiger partial charge in [-0.1, -0.05) is 40.0 Å². The van der Waals surface area contributed by atoms with E-state index in [1.54, 1.807) is 6.92 Å². The molecule has 0 aliphatic carbocycles. The average Bonchev–Trinajstić information content (AvgIpc) is 2.34. The molecule has 1 N–H and O–H groups in total. The highest BCUT2D eigenvalue weighted by Crippen LogP contribution is 2.22. The highest BCUT2D eigenvalue weighted by atomic mass is 16.6. The zero-order valence-electron chi connectivity index (χ0n) is 13.1. The largest absolute Gasteiger partial charge is 0.464 e. The van der Waals surface area contributed by atoms with Crippen molar-refractivity contribution in [2.45, 2.75) is 53.4 Å². The monoisotopic (exact) mass is 273 g/mol. The molecule has 114 valence electrons. The predicted molar refractivity (Wildman–Crippen MR) is 78.2 cm³/mol. The zero-order valence-corrected chi connectivity index (χ0v) is 13.1. The number of esters is 1. The molecule has 0 saturated heterocycles. The van der Waals surface area contributed by atoms with Crippen LogP contribution in [0.25, 0.3) is 0 Å². The molecule has 0 aromatic carbocycles. The van der Waals surface area contributed by atoms with Gasteiger partial charge in [-0.25, -0.2) is 4.79 Å². The van der Waals surface area contributed by atoms with E-state index in [0.29, 0.717) is 18.6 Å². The lowest BCUT2D eigenvalue weighted by atomic mass is 9.87. The Morgan fingerprint density at radius 3 is 2.58 bits per heavy atom. The first-order valence-corrected chi connectivity index (χ1v) is 7.46. The first-order chi connectivity index (χ1) is 9.02. The fraction of sp³-hybridized carbons (Fsp3) is 0.933. The van der Waals surface area contributed by atoms with E-state index in [-0.39, 0.29) is 12.6 Å². The first-order valence-electron chi connectivity index (χ1n) is 7.46. The van der Waals surface area contributed by atoms with Crippen LogP contribution >= 0.6 is 0 Å². The Morgan fingerprint density at radius 1 is 1.21 bits per heavy atom. The Balaban J connectivity index is 3.44. The third-order valence-electron chi connectivity index (χ3n) is 3.01. The molecule has 0 aliphatic heterocycles. The van der Waals surface area contributed by atoms with Crippen LogP contribution in [-0.4, -0.2) is 38.9 Å². The van der Waals surface area contributed by atoms with E-state index < -0.39 is 0 Å². The maximum absolute atomic E-state index is 11.0. The van der Waals surface area contributed by atoms with Crippen molar-refractivity contribution in [1.29, 1.82) is 0 Å². The standard InChI is InChI=1S/C15H31NO3/c1-5-7-8-9-15(3,4)13-16-10-11-18-12-14(17)19-6-2/h16H,5-13H2,1-4H3. The predicted octanol–water partition coefficient (Wildman–Crippen LogP) is 2.76. The van der Waals surface area contributed by atoms with Crippen LogP contribution < -0.4 is 5.32 Å². The van der Waals surface area contributed by atoms with Crippen LogP contribution in [0.3, 0.4) is 0 Å². The molecule has 0 aromatic heterocycles. The summed E-state index contributed by atoms with van der Waals surface area (Å²) in [4.78, 5) is 11.0. The molecule has 4 heteroatoms. The van der Waals surface area contributed by atoms with Crippen LogP contribution in [0.2, 0.25) is 0 Å². The van der Waals surface area contributed by atoms with Crippen LogP contribution in [0.1, 0.15) is 53.4 Å². The van der Waals surface area contributed by atoms with Gasteiger partial charge in [0.05, 0.1) is 13.2 Å². The molecular formula is C15H31NO3. The van der Waals surface area contributed by atoms with Gasteiger partial charge in [0.2, 0.25) is 0 Å². The van der Waals surface area contributed by atoms with Crippen molar-refractivity contribution in [3.8, 4) is 0 Å². The quantitative estimate of drug-likeness (QED) is 0.439. The number of unbranched alkanes of at least 4 members (excludes halogenated alkanes) is 2. The maximum atomic E-state index is 11.0. The van der Waals surface area contributed by atoms with Crippen molar-refractivity contribution < 1.29 is 14.3 Å². The van der Waals surface area contributed by atoms with Gasteiger partial charge in [0.25, 0.3) is 0 Å². The van der Waals surface area contributed by atoms with Crippen molar-refractivity contribution in [3.05, 3.63) is 0 Å². The second kappa shape index (κ2) is 11.2. The topological polar surface area (TPSA) is 47.6 Å². The third-order valence-corrected chi connectivity index (χ3v) is 3.01. The van der Waals surface area contributed by atoms with Crippen molar-refractivity contribution in [2.24, 2.45) is 5.41 Å². The van der Waals surface area contributed by atoms with Gasteiger partial charge >= 0.3 is 5.97 Å². The van der Waals surface area contributed by atoms with E-state index >= 15 is 0 Å². The summed E-state index contributed by atoms with van der Waals surface area (Å²) in [6, 6.07) is 0. The summed E-state index contributed by atoms with van der Waals surface area (Å²) in [6.45, 7) is 11.4. The summed E-state index contributed by atoms with van der Waals surface area (Å²) in [5.41, 5.74) is 0.330. The van der Waals surface area contributed by atoms with Crippen LogP contribution in [-0.2, 0) is 14.3 Å². The second-order valence-corrected chi connectivity index (χ2v) is 5.66. The maximum Gasteiger partial charge on any atom is 0.332 e. The molecule has 19 heavy (non-hydrogen) atoms. The molecule has 4 nitrogen and oxygen atoms in total. The zero-order chi connectivity index (χ0) is 14.6. The molecular weight excluding hydrogens is 242 g/mol. The highest BCUT2D eigenvalue weighted by Gasteiger charge is 2.16. The van der Waals surface area contributed by atoms with Gasteiger partial charge in [-0.15, -0.1) is 0 Å². The normalized spacial score (nSPS) is 11.6. The lowest BCUT2D eigenvalue weighted by Gasteiger charge is -2.25. The number of nitrogens with one attached hydrogen (secondary N) is 1. The summed E-state index contributed by atoms with van der Waals surface area (Å²) >= 11 is 0.